The average Bonchev–Trinajstić information content (AvgIpc) is 3.08. The maximum absolute atomic E-state index is 13.8. The first-order chi connectivity index (χ1) is 14.4. The number of anilines is 1. The Labute approximate surface area is 167 Å². The molecule has 3 N–H and O–H groups in total. The lowest BCUT2D eigenvalue weighted by Gasteiger charge is -2.33. The topological polar surface area (TPSA) is 115 Å². The minimum atomic E-state index is -1.12. The number of hydrogen-bond acceptors (Lipinski definition) is 4. The molecule has 4 aromatic rings. The number of rotatable bonds is 3. The Hall–Kier alpha value is -3.82. The molecule has 5 rings (SSSR count). The third kappa shape index (κ3) is 2.79. The number of H-pyrrole nitrogens is 2. The highest BCUT2D eigenvalue weighted by Crippen LogP contribution is 2.32. The van der Waals surface area contributed by atoms with E-state index in [0.717, 1.165) is 31.4 Å². The Balaban J connectivity index is 1.64. The maximum atomic E-state index is 13.8. The van der Waals surface area contributed by atoms with Gasteiger partial charge in [0.25, 0.3) is 5.56 Å². The van der Waals surface area contributed by atoms with Gasteiger partial charge in [0.2, 0.25) is 5.95 Å². The van der Waals surface area contributed by atoms with E-state index in [4.69, 9.17) is 0 Å². The molecule has 2 aromatic carbocycles. The van der Waals surface area contributed by atoms with Crippen molar-refractivity contribution in [1.29, 1.82) is 0 Å². The van der Waals surface area contributed by atoms with Gasteiger partial charge < -0.3 is 10.1 Å². The van der Waals surface area contributed by atoms with Crippen LogP contribution in [-0.4, -0.2) is 37.4 Å². The molecule has 0 unspecified atom stereocenters. The average molecular weight is 411 g/mol. The molecular weight excluding hydrogens is 396 g/mol. The number of aromatic amines is 2. The molecule has 2 aromatic heterocycles. The summed E-state index contributed by atoms with van der Waals surface area (Å²) in [5.41, 5.74) is 1.25. The molecule has 0 bridgehead atoms. The molecule has 0 aliphatic heterocycles. The lowest BCUT2D eigenvalue weighted by molar-refractivity contribution is 0.193. The summed E-state index contributed by atoms with van der Waals surface area (Å²) in [6.07, 6.45) is 1.46. The van der Waals surface area contributed by atoms with Crippen molar-refractivity contribution < 1.29 is 18.7 Å². The number of amides is 1. The van der Waals surface area contributed by atoms with Crippen LogP contribution in [0, 0.1) is 11.6 Å². The van der Waals surface area contributed by atoms with Crippen molar-refractivity contribution in [2.75, 3.05) is 4.90 Å². The van der Waals surface area contributed by atoms with Gasteiger partial charge in [-0.3, -0.25) is 4.79 Å². The Morgan fingerprint density at radius 1 is 1.13 bits per heavy atom. The van der Waals surface area contributed by atoms with Gasteiger partial charge in [-0.05, 0) is 43.5 Å². The van der Waals surface area contributed by atoms with Crippen molar-refractivity contribution in [2.24, 2.45) is 0 Å². The van der Waals surface area contributed by atoms with E-state index in [0.29, 0.717) is 16.6 Å². The first kappa shape index (κ1) is 18.2. The van der Waals surface area contributed by atoms with Crippen LogP contribution < -0.4 is 10.5 Å². The second-order valence-corrected chi connectivity index (χ2v) is 7.24. The summed E-state index contributed by atoms with van der Waals surface area (Å²) in [6, 6.07) is 6.68. The standard InChI is InChI=1S/C20H15F2N5O3/c21-13-7-11-12(8-14(13)22)18(28)26-25-17(11)9-4-5-15-16(6-9)24-19(23-15)27(20(29)30)10-2-1-3-10/h4-8,10H,1-3H2,(H,23,24)(H,26,28)(H,29,30). The molecule has 1 aliphatic carbocycles. The van der Waals surface area contributed by atoms with Gasteiger partial charge in [0.1, 0.15) is 0 Å². The van der Waals surface area contributed by atoms with Gasteiger partial charge in [0.05, 0.1) is 22.1 Å². The molecule has 2 heterocycles. The van der Waals surface area contributed by atoms with E-state index in [9.17, 15) is 23.5 Å². The van der Waals surface area contributed by atoms with E-state index < -0.39 is 23.3 Å². The highest BCUT2D eigenvalue weighted by Gasteiger charge is 2.32. The number of fused-ring (bicyclic) bond motifs is 2. The Bertz CT molecular complexity index is 1380. The van der Waals surface area contributed by atoms with E-state index in [2.05, 4.69) is 20.2 Å². The summed E-state index contributed by atoms with van der Waals surface area (Å²) in [4.78, 5) is 32.3. The molecule has 0 spiro atoms. The molecule has 1 aliphatic rings. The van der Waals surface area contributed by atoms with E-state index in [1.165, 1.54) is 4.90 Å². The highest BCUT2D eigenvalue weighted by molar-refractivity contribution is 5.96. The summed E-state index contributed by atoms with van der Waals surface area (Å²) in [5, 5.41) is 16.0. The largest absolute Gasteiger partial charge is 0.465 e. The van der Waals surface area contributed by atoms with Crippen LogP contribution in [0.2, 0.25) is 0 Å². The summed E-state index contributed by atoms with van der Waals surface area (Å²) >= 11 is 0. The SMILES string of the molecule is O=C(O)N(c1nc2ccc(-c3n[nH]c(=O)c4cc(F)c(F)cc34)cc2[nH]1)C1CCC1. The van der Waals surface area contributed by atoms with Crippen LogP contribution in [0.3, 0.4) is 0 Å². The highest BCUT2D eigenvalue weighted by atomic mass is 19.2. The molecule has 0 saturated heterocycles. The van der Waals surface area contributed by atoms with Gasteiger partial charge in [-0.15, -0.1) is 0 Å². The van der Waals surface area contributed by atoms with Crippen LogP contribution in [0.4, 0.5) is 19.5 Å². The Morgan fingerprint density at radius 3 is 2.53 bits per heavy atom. The van der Waals surface area contributed by atoms with Crippen molar-refractivity contribution in [1.82, 2.24) is 20.2 Å². The van der Waals surface area contributed by atoms with E-state index >= 15 is 0 Å². The molecule has 8 nitrogen and oxygen atoms in total. The number of hydrogen-bond donors (Lipinski definition) is 3. The van der Waals surface area contributed by atoms with Crippen molar-refractivity contribution in [2.45, 2.75) is 25.3 Å². The van der Waals surface area contributed by atoms with Crippen molar-refractivity contribution in [3.8, 4) is 11.3 Å². The van der Waals surface area contributed by atoms with Crippen molar-refractivity contribution >= 4 is 33.8 Å². The van der Waals surface area contributed by atoms with E-state index in [1.807, 2.05) is 0 Å². The van der Waals surface area contributed by atoms with E-state index in [-0.39, 0.29) is 28.5 Å². The first-order valence-electron chi connectivity index (χ1n) is 9.32. The van der Waals surface area contributed by atoms with Crippen LogP contribution in [0.5, 0.6) is 0 Å². The second kappa shape index (κ2) is 6.61. The maximum Gasteiger partial charge on any atom is 0.414 e. The van der Waals surface area contributed by atoms with Crippen LogP contribution in [0.1, 0.15) is 19.3 Å². The van der Waals surface area contributed by atoms with Gasteiger partial charge >= 0.3 is 6.09 Å². The molecule has 0 atom stereocenters. The van der Waals surface area contributed by atoms with Crippen LogP contribution in [-0.2, 0) is 0 Å². The smallest absolute Gasteiger partial charge is 0.414 e. The lowest BCUT2D eigenvalue weighted by atomic mass is 9.92. The van der Waals surface area contributed by atoms with E-state index in [1.54, 1.807) is 18.2 Å². The number of carbonyl (C=O) groups is 1. The minimum Gasteiger partial charge on any atom is -0.465 e. The van der Waals surface area contributed by atoms with Gasteiger partial charge in [0.15, 0.2) is 11.6 Å². The fourth-order valence-corrected chi connectivity index (χ4v) is 3.70. The molecule has 10 heteroatoms. The number of aromatic nitrogens is 4. The second-order valence-electron chi connectivity index (χ2n) is 7.24. The summed E-state index contributed by atoms with van der Waals surface area (Å²) < 4.78 is 27.4. The van der Waals surface area contributed by atoms with Gasteiger partial charge in [0, 0.05) is 17.0 Å². The number of carboxylic acid groups (broad SMARTS) is 1. The fraction of sp³-hybridized carbons (Fsp3) is 0.200. The predicted octanol–water partition coefficient (Wildman–Crippen LogP) is 3.78. The summed E-state index contributed by atoms with van der Waals surface area (Å²) in [6.45, 7) is 0. The predicted molar refractivity (Wildman–Crippen MR) is 106 cm³/mol. The molecule has 152 valence electrons. The zero-order valence-electron chi connectivity index (χ0n) is 15.4. The number of nitrogens with one attached hydrogen (secondary N) is 2. The molecule has 1 fully saturated rings. The minimum absolute atomic E-state index is 0.0219. The molecule has 1 saturated carbocycles. The third-order valence-corrected chi connectivity index (χ3v) is 5.45. The first-order valence-corrected chi connectivity index (χ1v) is 9.32. The lowest BCUT2D eigenvalue weighted by Crippen LogP contribution is -2.44. The molecule has 0 radical (unpaired) electrons. The van der Waals surface area contributed by atoms with Crippen LogP contribution in [0.25, 0.3) is 33.1 Å². The van der Waals surface area contributed by atoms with Crippen molar-refractivity contribution in [3.05, 3.63) is 52.3 Å². The van der Waals surface area contributed by atoms with Crippen molar-refractivity contribution in [3.63, 3.8) is 0 Å². The zero-order chi connectivity index (χ0) is 21.0. The van der Waals surface area contributed by atoms with Gasteiger partial charge in [-0.1, -0.05) is 6.07 Å². The molecular formula is C20H15F2N5O3. The van der Waals surface area contributed by atoms with Gasteiger partial charge in [-0.2, -0.15) is 5.10 Å². The number of nitrogens with zero attached hydrogens (tertiary/aromatic N) is 3. The fourth-order valence-electron chi connectivity index (χ4n) is 3.70. The normalized spacial score (nSPS) is 14.2. The Morgan fingerprint density at radius 2 is 1.87 bits per heavy atom. The molecule has 30 heavy (non-hydrogen) atoms. The molecule has 1 amide bonds. The third-order valence-electron chi connectivity index (χ3n) is 5.45. The number of halogens is 2. The summed E-state index contributed by atoms with van der Waals surface area (Å²) in [5.74, 6) is -1.98. The summed E-state index contributed by atoms with van der Waals surface area (Å²) in [7, 11) is 0. The van der Waals surface area contributed by atoms with Crippen LogP contribution >= 0.6 is 0 Å². The van der Waals surface area contributed by atoms with Crippen LogP contribution in [0.15, 0.2) is 35.1 Å². The zero-order valence-corrected chi connectivity index (χ0v) is 15.4. The Kier molecular flexibility index (Phi) is 4.02. The quantitative estimate of drug-likeness (QED) is 0.475. The number of imidazole rings is 1. The number of benzene rings is 2. The van der Waals surface area contributed by atoms with Gasteiger partial charge in [-0.25, -0.2) is 28.6 Å². The monoisotopic (exact) mass is 411 g/mol.